The first-order chi connectivity index (χ1) is 8.40. The van der Waals surface area contributed by atoms with Crippen molar-refractivity contribution >= 4 is 11.3 Å². The summed E-state index contributed by atoms with van der Waals surface area (Å²) in [7, 11) is 0. The van der Waals surface area contributed by atoms with Crippen molar-refractivity contribution in [1.29, 1.82) is 0 Å². The number of aliphatic hydroxyl groups is 1. The molecule has 0 amide bonds. The Hall–Kier alpha value is -1.19. The first kappa shape index (κ1) is 13.2. The molecule has 1 unspecified atom stereocenters. The van der Waals surface area contributed by atoms with E-state index in [9.17, 15) is 9.50 Å². The van der Waals surface area contributed by atoms with Crippen LogP contribution in [0.25, 0.3) is 0 Å². The van der Waals surface area contributed by atoms with E-state index in [0.29, 0.717) is 11.1 Å². The smallest absolute Gasteiger partial charge is 0.129 e. The zero-order valence-corrected chi connectivity index (χ0v) is 11.9. The minimum Gasteiger partial charge on any atom is -0.383 e. The van der Waals surface area contributed by atoms with Gasteiger partial charge in [-0.25, -0.2) is 4.39 Å². The topological polar surface area (TPSA) is 20.2 Å². The van der Waals surface area contributed by atoms with Gasteiger partial charge in [-0.2, -0.15) is 0 Å². The molecule has 2 aromatic rings. The second kappa shape index (κ2) is 4.82. The molecule has 1 aromatic carbocycles. The third kappa shape index (κ3) is 2.33. The standard InChI is InChI=1S/C15H17FOS/c1-8-7-13(18-11(8)4)15(17)12-5-9(2)14(16)10(3)6-12/h5-7,15,17H,1-4H3. The van der Waals surface area contributed by atoms with E-state index in [4.69, 9.17) is 0 Å². The van der Waals surface area contributed by atoms with Gasteiger partial charge in [0.15, 0.2) is 0 Å². The number of thiophene rings is 1. The molecule has 1 nitrogen and oxygen atoms in total. The molecular formula is C15H17FOS. The van der Waals surface area contributed by atoms with Gasteiger partial charge in [-0.15, -0.1) is 11.3 Å². The molecule has 1 atom stereocenters. The Balaban J connectivity index is 2.42. The molecule has 0 aliphatic rings. The van der Waals surface area contributed by atoms with Crippen LogP contribution >= 0.6 is 11.3 Å². The van der Waals surface area contributed by atoms with Crippen LogP contribution in [0.3, 0.4) is 0 Å². The Bertz CT molecular complexity index is 544. The van der Waals surface area contributed by atoms with E-state index in [0.717, 1.165) is 10.4 Å². The first-order valence-electron chi connectivity index (χ1n) is 5.91. The minimum absolute atomic E-state index is 0.190. The fraction of sp³-hybridized carbons (Fsp3) is 0.333. The van der Waals surface area contributed by atoms with Crippen LogP contribution in [0.15, 0.2) is 18.2 Å². The maximum absolute atomic E-state index is 13.6. The Morgan fingerprint density at radius 1 is 1.00 bits per heavy atom. The van der Waals surface area contributed by atoms with Crippen molar-refractivity contribution < 1.29 is 9.50 Å². The van der Waals surface area contributed by atoms with E-state index in [1.54, 1.807) is 37.3 Å². The highest BCUT2D eigenvalue weighted by molar-refractivity contribution is 7.12. The van der Waals surface area contributed by atoms with Gasteiger partial charge in [0, 0.05) is 9.75 Å². The van der Waals surface area contributed by atoms with Crippen LogP contribution in [-0.4, -0.2) is 5.11 Å². The maximum atomic E-state index is 13.6. The molecule has 0 bridgehead atoms. The first-order valence-corrected chi connectivity index (χ1v) is 6.73. The molecule has 0 saturated carbocycles. The predicted octanol–water partition coefficient (Wildman–Crippen LogP) is 4.20. The van der Waals surface area contributed by atoms with E-state index in [-0.39, 0.29) is 5.82 Å². The molecule has 0 aliphatic heterocycles. The SMILES string of the molecule is Cc1cc(C(O)c2cc(C)c(F)c(C)c2)sc1C. The summed E-state index contributed by atoms with van der Waals surface area (Å²) in [5.74, 6) is -0.190. The molecule has 1 heterocycles. The summed E-state index contributed by atoms with van der Waals surface area (Å²) in [5, 5.41) is 10.4. The van der Waals surface area contributed by atoms with Crippen LogP contribution in [0.4, 0.5) is 4.39 Å². The predicted molar refractivity (Wildman–Crippen MR) is 73.7 cm³/mol. The molecule has 18 heavy (non-hydrogen) atoms. The Labute approximate surface area is 111 Å². The molecular weight excluding hydrogens is 247 g/mol. The van der Waals surface area contributed by atoms with Crippen molar-refractivity contribution in [2.45, 2.75) is 33.8 Å². The summed E-state index contributed by atoms with van der Waals surface area (Å²) < 4.78 is 13.6. The summed E-state index contributed by atoms with van der Waals surface area (Å²) >= 11 is 1.59. The van der Waals surface area contributed by atoms with E-state index in [1.807, 2.05) is 19.9 Å². The molecule has 3 heteroatoms. The van der Waals surface area contributed by atoms with Gasteiger partial charge in [-0.05, 0) is 56.0 Å². The van der Waals surface area contributed by atoms with Gasteiger partial charge in [0.2, 0.25) is 0 Å². The molecule has 96 valence electrons. The van der Waals surface area contributed by atoms with Gasteiger partial charge in [-0.1, -0.05) is 12.1 Å². The van der Waals surface area contributed by atoms with Gasteiger partial charge in [-0.3, -0.25) is 0 Å². The number of hydrogen-bond acceptors (Lipinski definition) is 2. The maximum Gasteiger partial charge on any atom is 0.129 e. The van der Waals surface area contributed by atoms with Crippen molar-refractivity contribution in [2.75, 3.05) is 0 Å². The minimum atomic E-state index is -0.666. The summed E-state index contributed by atoms with van der Waals surface area (Å²) in [6, 6.07) is 5.44. The lowest BCUT2D eigenvalue weighted by Crippen LogP contribution is -2.00. The van der Waals surface area contributed by atoms with Crippen molar-refractivity contribution in [3.63, 3.8) is 0 Å². The average molecular weight is 264 g/mol. The number of rotatable bonds is 2. The van der Waals surface area contributed by atoms with E-state index in [2.05, 4.69) is 0 Å². The number of benzene rings is 1. The number of aryl methyl sites for hydroxylation is 4. The van der Waals surface area contributed by atoms with E-state index < -0.39 is 6.10 Å². The Morgan fingerprint density at radius 3 is 2.00 bits per heavy atom. The second-order valence-electron chi connectivity index (χ2n) is 4.76. The van der Waals surface area contributed by atoms with Crippen LogP contribution in [-0.2, 0) is 0 Å². The molecule has 0 radical (unpaired) electrons. The van der Waals surface area contributed by atoms with E-state index in [1.165, 1.54) is 10.4 Å². The van der Waals surface area contributed by atoms with Crippen LogP contribution in [0, 0.1) is 33.5 Å². The highest BCUT2D eigenvalue weighted by Gasteiger charge is 2.16. The average Bonchev–Trinajstić information content (AvgIpc) is 2.65. The van der Waals surface area contributed by atoms with Crippen LogP contribution in [0.2, 0.25) is 0 Å². The summed E-state index contributed by atoms with van der Waals surface area (Å²) in [6.45, 7) is 7.52. The Kier molecular flexibility index (Phi) is 3.55. The van der Waals surface area contributed by atoms with Gasteiger partial charge in [0.05, 0.1) is 0 Å². The number of hydrogen-bond donors (Lipinski definition) is 1. The van der Waals surface area contributed by atoms with Crippen molar-refractivity contribution in [3.05, 3.63) is 56.0 Å². The Morgan fingerprint density at radius 2 is 1.56 bits per heavy atom. The largest absolute Gasteiger partial charge is 0.383 e. The monoisotopic (exact) mass is 264 g/mol. The third-order valence-corrected chi connectivity index (χ3v) is 4.43. The van der Waals surface area contributed by atoms with Gasteiger partial charge in [0.1, 0.15) is 11.9 Å². The number of halogens is 1. The zero-order valence-electron chi connectivity index (χ0n) is 11.0. The fourth-order valence-corrected chi connectivity index (χ4v) is 3.09. The fourth-order valence-electron chi connectivity index (χ4n) is 2.04. The molecule has 0 fully saturated rings. The highest BCUT2D eigenvalue weighted by Crippen LogP contribution is 2.32. The molecule has 0 saturated heterocycles. The van der Waals surface area contributed by atoms with Gasteiger partial charge < -0.3 is 5.11 Å². The molecule has 0 aliphatic carbocycles. The van der Waals surface area contributed by atoms with Crippen LogP contribution < -0.4 is 0 Å². The summed E-state index contributed by atoms with van der Waals surface area (Å²) in [6.07, 6.45) is -0.666. The molecule has 2 rings (SSSR count). The van der Waals surface area contributed by atoms with Crippen molar-refractivity contribution in [2.24, 2.45) is 0 Å². The van der Waals surface area contributed by atoms with E-state index >= 15 is 0 Å². The number of aliphatic hydroxyl groups excluding tert-OH is 1. The summed E-state index contributed by atoms with van der Waals surface area (Å²) in [5.41, 5.74) is 3.10. The quantitative estimate of drug-likeness (QED) is 0.861. The van der Waals surface area contributed by atoms with Crippen LogP contribution in [0.5, 0.6) is 0 Å². The van der Waals surface area contributed by atoms with Crippen LogP contribution in [0.1, 0.15) is 38.1 Å². The molecule has 1 aromatic heterocycles. The third-order valence-electron chi connectivity index (χ3n) is 3.23. The lowest BCUT2D eigenvalue weighted by atomic mass is 10.0. The normalized spacial score (nSPS) is 12.8. The molecule has 0 spiro atoms. The second-order valence-corrected chi connectivity index (χ2v) is 6.05. The highest BCUT2D eigenvalue weighted by atomic mass is 32.1. The summed E-state index contributed by atoms with van der Waals surface area (Å²) in [4.78, 5) is 2.12. The van der Waals surface area contributed by atoms with Crippen molar-refractivity contribution in [3.8, 4) is 0 Å². The molecule has 1 N–H and O–H groups in total. The van der Waals surface area contributed by atoms with Gasteiger partial charge >= 0.3 is 0 Å². The zero-order chi connectivity index (χ0) is 13.4. The lowest BCUT2D eigenvalue weighted by Gasteiger charge is -2.12. The lowest BCUT2D eigenvalue weighted by molar-refractivity contribution is 0.224. The van der Waals surface area contributed by atoms with Crippen molar-refractivity contribution in [1.82, 2.24) is 0 Å². The van der Waals surface area contributed by atoms with Gasteiger partial charge in [0.25, 0.3) is 0 Å².